The van der Waals surface area contributed by atoms with Gasteiger partial charge in [0.1, 0.15) is 6.54 Å². The van der Waals surface area contributed by atoms with Crippen LogP contribution in [0.4, 0.5) is 5.69 Å². The van der Waals surface area contributed by atoms with Crippen LogP contribution in [-0.4, -0.2) is 21.5 Å². The van der Waals surface area contributed by atoms with Crippen LogP contribution in [0.1, 0.15) is 17.3 Å². The number of nitrogens with zero attached hydrogens (tertiary/aromatic N) is 2. The number of aromatic nitrogens is 2. The van der Waals surface area contributed by atoms with Crippen molar-refractivity contribution in [2.75, 3.05) is 5.32 Å². The Labute approximate surface area is 164 Å². The number of anilines is 1. The van der Waals surface area contributed by atoms with Crippen LogP contribution >= 0.6 is 15.9 Å². The molecule has 3 rings (SSSR count). The van der Waals surface area contributed by atoms with Gasteiger partial charge in [-0.1, -0.05) is 40.2 Å². The molecule has 0 radical (unpaired) electrons. The number of benzene rings is 2. The number of halogens is 1. The first-order valence-electron chi connectivity index (χ1n) is 8.17. The van der Waals surface area contributed by atoms with Gasteiger partial charge >= 0.3 is 0 Å². The molecule has 0 unspecified atom stereocenters. The van der Waals surface area contributed by atoms with E-state index in [1.165, 1.54) is 13.0 Å². The monoisotopic (exact) mass is 425 g/mol. The third kappa shape index (κ3) is 4.77. The Balaban J connectivity index is 1.80. The van der Waals surface area contributed by atoms with Crippen LogP contribution in [0.2, 0.25) is 0 Å². The number of Topliss-reactive ketones (excluding diaryl/α,β-unsaturated/α-hetero) is 1. The average Bonchev–Trinajstić information content (AvgIpc) is 2.63. The Morgan fingerprint density at radius 3 is 2.59 bits per heavy atom. The van der Waals surface area contributed by atoms with Crippen molar-refractivity contribution in [3.63, 3.8) is 0 Å². The van der Waals surface area contributed by atoms with E-state index in [1.54, 1.807) is 30.3 Å². The molecule has 0 aliphatic heterocycles. The Kier molecular flexibility index (Phi) is 5.61. The number of amides is 1. The number of rotatable bonds is 5. The van der Waals surface area contributed by atoms with E-state index in [-0.39, 0.29) is 17.9 Å². The Bertz CT molecular complexity index is 1080. The standard InChI is InChI=1S/C20H16BrN3O3/c1-13(25)14-4-3-7-17(11-14)22-19(26)12-24-20(27)9-8-18(23-24)15-5-2-6-16(21)10-15/h2-11H,12H2,1H3,(H,22,26). The number of carbonyl (C=O) groups is 2. The van der Waals surface area contributed by atoms with Crippen molar-refractivity contribution in [2.45, 2.75) is 13.5 Å². The highest BCUT2D eigenvalue weighted by Gasteiger charge is 2.09. The molecule has 0 saturated heterocycles. The molecule has 3 aromatic rings. The van der Waals surface area contributed by atoms with Crippen molar-refractivity contribution in [2.24, 2.45) is 0 Å². The van der Waals surface area contributed by atoms with Crippen molar-refractivity contribution in [3.8, 4) is 11.3 Å². The lowest BCUT2D eigenvalue weighted by Gasteiger charge is -2.09. The van der Waals surface area contributed by atoms with Gasteiger partial charge in [0.15, 0.2) is 5.78 Å². The Hall–Kier alpha value is -3.06. The molecule has 0 bridgehead atoms. The topological polar surface area (TPSA) is 81.1 Å². The van der Waals surface area contributed by atoms with E-state index < -0.39 is 5.91 Å². The summed E-state index contributed by atoms with van der Waals surface area (Å²) in [6.45, 7) is 1.23. The summed E-state index contributed by atoms with van der Waals surface area (Å²) in [6, 6.07) is 17.1. The minimum atomic E-state index is -0.406. The van der Waals surface area contributed by atoms with Crippen LogP contribution < -0.4 is 10.9 Å². The largest absolute Gasteiger partial charge is 0.324 e. The maximum absolute atomic E-state index is 12.3. The molecule has 0 fully saturated rings. The van der Waals surface area contributed by atoms with Gasteiger partial charge in [-0.25, -0.2) is 4.68 Å². The van der Waals surface area contributed by atoms with E-state index in [2.05, 4.69) is 26.3 Å². The number of hydrogen-bond acceptors (Lipinski definition) is 4. The van der Waals surface area contributed by atoms with Gasteiger partial charge in [-0.05, 0) is 37.3 Å². The summed E-state index contributed by atoms with van der Waals surface area (Å²) in [5.41, 5.74) is 2.03. The smallest absolute Gasteiger partial charge is 0.267 e. The van der Waals surface area contributed by atoms with Gasteiger partial charge in [0, 0.05) is 27.4 Å². The zero-order valence-electron chi connectivity index (χ0n) is 14.5. The van der Waals surface area contributed by atoms with Crippen LogP contribution in [0.15, 0.2) is 69.9 Å². The molecular weight excluding hydrogens is 410 g/mol. The van der Waals surface area contributed by atoms with E-state index in [0.29, 0.717) is 16.9 Å². The van der Waals surface area contributed by atoms with Crippen molar-refractivity contribution >= 4 is 33.3 Å². The van der Waals surface area contributed by atoms with E-state index in [1.807, 2.05) is 24.3 Å². The van der Waals surface area contributed by atoms with Gasteiger partial charge in [-0.2, -0.15) is 5.10 Å². The third-order valence-corrected chi connectivity index (χ3v) is 4.33. The first-order valence-corrected chi connectivity index (χ1v) is 8.96. The van der Waals surface area contributed by atoms with Crippen molar-refractivity contribution in [1.29, 1.82) is 0 Å². The maximum Gasteiger partial charge on any atom is 0.267 e. The van der Waals surface area contributed by atoms with E-state index >= 15 is 0 Å². The van der Waals surface area contributed by atoms with E-state index in [0.717, 1.165) is 14.7 Å². The van der Waals surface area contributed by atoms with Crippen molar-refractivity contribution in [3.05, 3.63) is 81.1 Å². The van der Waals surface area contributed by atoms with Gasteiger partial charge in [0.05, 0.1) is 5.69 Å². The van der Waals surface area contributed by atoms with Crippen molar-refractivity contribution < 1.29 is 9.59 Å². The second kappa shape index (κ2) is 8.09. The fourth-order valence-corrected chi connectivity index (χ4v) is 2.92. The SMILES string of the molecule is CC(=O)c1cccc(NC(=O)Cn2nc(-c3cccc(Br)c3)ccc2=O)c1. The maximum atomic E-state index is 12.3. The van der Waals surface area contributed by atoms with Crippen LogP contribution in [0.3, 0.4) is 0 Å². The van der Waals surface area contributed by atoms with Crippen molar-refractivity contribution in [1.82, 2.24) is 9.78 Å². The summed E-state index contributed by atoms with van der Waals surface area (Å²) in [7, 11) is 0. The molecule has 1 aromatic heterocycles. The lowest BCUT2D eigenvalue weighted by Crippen LogP contribution is -2.29. The molecule has 0 aliphatic rings. The molecule has 136 valence electrons. The van der Waals surface area contributed by atoms with Gasteiger partial charge < -0.3 is 5.32 Å². The summed E-state index contributed by atoms with van der Waals surface area (Å²) in [5, 5.41) is 6.96. The van der Waals surface area contributed by atoms with Crippen LogP contribution in [0.25, 0.3) is 11.3 Å². The quantitative estimate of drug-likeness (QED) is 0.634. The fourth-order valence-electron chi connectivity index (χ4n) is 2.52. The Morgan fingerprint density at radius 2 is 1.85 bits per heavy atom. The molecule has 1 heterocycles. The molecule has 0 spiro atoms. The third-order valence-electron chi connectivity index (χ3n) is 3.83. The summed E-state index contributed by atoms with van der Waals surface area (Å²) in [4.78, 5) is 35.8. The lowest BCUT2D eigenvalue weighted by molar-refractivity contribution is -0.117. The minimum absolute atomic E-state index is 0.0919. The first-order chi connectivity index (χ1) is 12.9. The molecular formula is C20H16BrN3O3. The molecule has 27 heavy (non-hydrogen) atoms. The highest BCUT2D eigenvalue weighted by Crippen LogP contribution is 2.20. The molecule has 2 aromatic carbocycles. The average molecular weight is 426 g/mol. The van der Waals surface area contributed by atoms with Gasteiger partial charge in [0.25, 0.3) is 5.56 Å². The fraction of sp³-hybridized carbons (Fsp3) is 0.100. The second-order valence-electron chi connectivity index (χ2n) is 5.91. The predicted molar refractivity (Wildman–Crippen MR) is 107 cm³/mol. The van der Waals surface area contributed by atoms with Gasteiger partial charge in [0.2, 0.25) is 5.91 Å². The highest BCUT2D eigenvalue weighted by atomic mass is 79.9. The van der Waals surface area contributed by atoms with Crippen LogP contribution in [0.5, 0.6) is 0 Å². The highest BCUT2D eigenvalue weighted by molar-refractivity contribution is 9.10. The number of nitrogens with one attached hydrogen (secondary N) is 1. The molecule has 0 saturated carbocycles. The van der Waals surface area contributed by atoms with Crippen LogP contribution in [-0.2, 0) is 11.3 Å². The molecule has 0 atom stereocenters. The number of hydrogen-bond donors (Lipinski definition) is 1. The zero-order valence-corrected chi connectivity index (χ0v) is 16.1. The van der Waals surface area contributed by atoms with Gasteiger partial charge in [-0.3, -0.25) is 14.4 Å². The molecule has 6 nitrogen and oxygen atoms in total. The lowest BCUT2D eigenvalue weighted by atomic mass is 10.1. The number of ketones is 1. The molecule has 1 N–H and O–H groups in total. The summed E-state index contributed by atoms with van der Waals surface area (Å²) in [5.74, 6) is -0.498. The molecule has 1 amide bonds. The molecule has 7 heteroatoms. The summed E-state index contributed by atoms with van der Waals surface area (Å²) < 4.78 is 2.00. The summed E-state index contributed by atoms with van der Waals surface area (Å²) in [6.07, 6.45) is 0. The second-order valence-corrected chi connectivity index (χ2v) is 6.83. The van der Waals surface area contributed by atoms with Crippen LogP contribution in [0, 0.1) is 0 Å². The number of carbonyl (C=O) groups excluding carboxylic acids is 2. The van der Waals surface area contributed by atoms with E-state index in [4.69, 9.17) is 0 Å². The zero-order chi connectivity index (χ0) is 19.4. The normalized spacial score (nSPS) is 10.4. The first kappa shape index (κ1) is 18.7. The summed E-state index contributed by atoms with van der Waals surface area (Å²) >= 11 is 3.40. The molecule has 0 aliphatic carbocycles. The predicted octanol–water partition coefficient (Wildman–Crippen LogP) is 3.51. The van der Waals surface area contributed by atoms with Gasteiger partial charge in [-0.15, -0.1) is 0 Å². The van der Waals surface area contributed by atoms with E-state index in [9.17, 15) is 14.4 Å². The Morgan fingerprint density at radius 1 is 1.07 bits per heavy atom. The minimum Gasteiger partial charge on any atom is -0.324 e.